The molecule has 1 heterocycles. The molecule has 8 nitrogen and oxygen atoms in total. The zero-order valence-corrected chi connectivity index (χ0v) is 19.7. The fourth-order valence-electron chi connectivity index (χ4n) is 3.27. The molecule has 0 bridgehead atoms. The van der Waals surface area contributed by atoms with Crippen LogP contribution < -0.4 is 5.32 Å². The smallest absolute Gasteiger partial charge is 0.271 e. The van der Waals surface area contributed by atoms with Crippen LogP contribution in [0.5, 0.6) is 0 Å². The number of hydrogen-bond acceptors (Lipinski definition) is 6. The summed E-state index contributed by atoms with van der Waals surface area (Å²) < 4.78 is 1.93. The first-order chi connectivity index (χ1) is 16.4. The number of carbonyl (C=O) groups excluding carboxylic acids is 1. The van der Waals surface area contributed by atoms with Crippen LogP contribution >= 0.6 is 23.4 Å². The van der Waals surface area contributed by atoms with Crippen molar-refractivity contribution in [2.24, 2.45) is 0 Å². The van der Waals surface area contributed by atoms with Gasteiger partial charge < -0.3 is 5.32 Å². The van der Waals surface area contributed by atoms with Crippen molar-refractivity contribution in [2.75, 3.05) is 5.32 Å². The summed E-state index contributed by atoms with van der Waals surface area (Å²) in [5, 5.41) is 22.7. The van der Waals surface area contributed by atoms with Gasteiger partial charge in [0.15, 0.2) is 5.16 Å². The molecule has 0 aliphatic carbocycles. The summed E-state index contributed by atoms with van der Waals surface area (Å²) in [6, 6.07) is 23.5. The Morgan fingerprint density at radius 3 is 2.44 bits per heavy atom. The Hall–Kier alpha value is -3.69. The molecule has 34 heavy (non-hydrogen) atoms. The molecule has 0 saturated carbocycles. The van der Waals surface area contributed by atoms with E-state index in [-0.39, 0.29) is 22.3 Å². The maximum Gasteiger partial charge on any atom is 0.271 e. The number of para-hydroxylation sites is 1. The van der Waals surface area contributed by atoms with E-state index in [0.29, 0.717) is 11.6 Å². The normalized spacial score (nSPS) is 11.7. The van der Waals surface area contributed by atoms with Crippen LogP contribution in [0.3, 0.4) is 0 Å². The highest BCUT2D eigenvalue weighted by Gasteiger charge is 2.22. The standard InChI is InChI=1S/C24H20ClN5O3S/c1-16(23(31)26-21-15-19(30(32)33)12-13-20(21)25)34-24-28-27-22(14-17-8-4-2-5-9-17)29(24)18-10-6-3-7-11-18/h2-13,15-16H,14H2,1H3,(H,26,31). The van der Waals surface area contributed by atoms with Gasteiger partial charge in [-0.25, -0.2) is 0 Å². The fourth-order valence-corrected chi connectivity index (χ4v) is 4.33. The average molecular weight is 494 g/mol. The lowest BCUT2D eigenvalue weighted by atomic mass is 10.1. The second kappa shape index (κ2) is 10.5. The van der Waals surface area contributed by atoms with Gasteiger partial charge in [0, 0.05) is 24.2 Å². The number of thioether (sulfide) groups is 1. The molecular weight excluding hydrogens is 474 g/mol. The van der Waals surface area contributed by atoms with Gasteiger partial charge in [-0.15, -0.1) is 10.2 Å². The lowest BCUT2D eigenvalue weighted by Gasteiger charge is -2.14. The molecule has 10 heteroatoms. The lowest BCUT2D eigenvalue weighted by Crippen LogP contribution is -2.23. The topological polar surface area (TPSA) is 103 Å². The Labute approximate surface area is 205 Å². The van der Waals surface area contributed by atoms with E-state index in [4.69, 9.17) is 11.6 Å². The molecule has 1 atom stereocenters. The summed E-state index contributed by atoms with van der Waals surface area (Å²) in [5.74, 6) is 0.383. The van der Waals surface area contributed by atoms with E-state index in [9.17, 15) is 14.9 Å². The van der Waals surface area contributed by atoms with Crippen molar-refractivity contribution in [3.63, 3.8) is 0 Å². The monoisotopic (exact) mass is 493 g/mol. The Balaban J connectivity index is 1.58. The van der Waals surface area contributed by atoms with E-state index in [1.165, 1.54) is 30.0 Å². The van der Waals surface area contributed by atoms with E-state index in [1.54, 1.807) is 6.92 Å². The number of benzene rings is 3. The summed E-state index contributed by atoms with van der Waals surface area (Å²) >= 11 is 7.37. The lowest BCUT2D eigenvalue weighted by molar-refractivity contribution is -0.384. The highest BCUT2D eigenvalue weighted by atomic mass is 35.5. The van der Waals surface area contributed by atoms with Gasteiger partial charge in [0.2, 0.25) is 5.91 Å². The van der Waals surface area contributed by atoms with Crippen molar-refractivity contribution in [3.8, 4) is 5.69 Å². The number of nitrogens with one attached hydrogen (secondary N) is 1. The Morgan fingerprint density at radius 2 is 1.76 bits per heavy atom. The van der Waals surface area contributed by atoms with Crippen molar-refractivity contribution < 1.29 is 9.72 Å². The number of carbonyl (C=O) groups is 1. The Bertz CT molecular complexity index is 1310. The van der Waals surface area contributed by atoms with Crippen LogP contribution in [0, 0.1) is 10.1 Å². The number of rotatable bonds is 8. The number of nitrogens with zero attached hydrogens (tertiary/aromatic N) is 4. The molecule has 172 valence electrons. The summed E-state index contributed by atoms with van der Waals surface area (Å²) in [4.78, 5) is 23.4. The van der Waals surface area contributed by atoms with E-state index < -0.39 is 10.2 Å². The van der Waals surface area contributed by atoms with Crippen LogP contribution in [-0.2, 0) is 11.2 Å². The Kier molecular flexibility index (Phi) is 7.24. The molecule has 0 fully saturated rings. The van der Waals surface area contributed by atoms with E-state index in [2.05, 4.69) is 15.5 Å². The van der Waals surface area contributed by atoms with Gasteiger partial charge in [-0.05, 0) is 30.7 Å². The minimum atomic E-state index is -0.577. The highest BCUT2D eigenvalue weighted by Crippen LogP contribution is 2.30. The summed E-state index contributed by atoms with van der Waals surface area (Å²) in [7, 11) is 0. The highest BCUT2D eigenvalue weighted by molar-refractivity contribution is 8.00. The zero-order valence-electron chi connectivity index (χ0n) is 18.1. The van der Waals surface area contributed by atoms with Crippen LogP contribution in [0.4, 0.5) is 11.4 Å². The molecule has 0 saturated heterocycles. The molecule has 3 aromatic carbocycles. The predicted octanol–water partition coefficient (Wildman–Crippen LogP) is 5.54. The van der Waals surface area contributed by atoms with Gasteiger partial charge in [0.1, 0.15) is 5.82 Å². The Morgan fingerprint density at radius 1 is 1.09 bits per heavy atom. The van der Waals surface area contributed by atoms with Crippen molar-refractivity contribution in [1.29, 1.82) is 0 Å². The molecule has 0 aliphatic heterocycles. The minimum Gasteiger partial charge on any atom is -0.324 e. The number of halogens is 1. The first-order valence-corrected chi connectivity index (χ1v) is 11.6. The first kappa shape index (κ1) is 23.5. The molecule has 1 unspecified atom stereocenters. The number of nitro benzene ring substituents is 1. The fraction of sp³-hybridized carbons (Fsp3) is 0.125. The largest absolute Gasteiger partial charge is 0.324 e. The summed E-state index contributed by atoms with van der Waals surface area (Å²) in [6.45, 7) is 1.73. The second-order valence-corrected chi connectivity index (χ2v) is 9.12. The van der Waals surface area contributed by atoms with Gasteiger partial charge in [-0.2, -0.15) is 0 Å². The maximum atomic E-state index is 12.9. The number of anilines is 1. The van der Waals surface area contributed by atoms with Crippen molar-refractivity contribution in [1.82, 2.24) is 14.8 Å². The predicted molar refractivity (Wildman–Crippen MR) is 133 cm³/mol. The van der Waals surface area contributed by atoms with Gasteiger partial charge in [0.05, 0.1) is 20.9 Å². The SMILES string of the molecule is CC(Sc1nnc(Cc2ccccc2)n1-c1ccccc1)C(=O)Nc1cc([N+](=O)[O-])ccc1Cl. The first-order valence-electron chi connectivity index (χ1n) is 10.4. The molecule has 0 spiro atoms. The molecule has 4 rings (SSSR count). The maximum absolute atomic E-state index is 12.9. The number of hydrogen-bond donors (Lipinski definition) is 1. The number of aromatic nitrogens is 3. The van der Waals surface area contributed by atoms with Crippen molar-refractivity contribution >= 4 is 40.6 Å². The van der Waals surface area contributed by atoms with Gasteiger partial charge in [-0.3, -0.25) is 19.5 Å². The second-order valence-electron chi connectivity index (χ2n) is 7.40. The van der Waals surface area contributed by atoms with Crippen LogP contribution in [0.2, 0.25) is 5.02 Å². The van der Waals surface area contributed by atoms with Crippen LogP contribution in [0.15, 0.2) is 84.0 Å². The molecule has 0 aliphatic rings. The summed E-state index contributed by atoms with van der Waals surface area (Å²) in [6.07, 6.45) is 0.577. The van der Waals surface area contributed by atoms with Crippen molar-refractivity contribution in [2.45, 2.75) is 23.8 Å². The van der Waals surface area contributed by atoms with Crippen molar-refractivity contribution in [3.05, 3.63) is 105 Å². The third kappa shape index (κ3) is 5.44. The van der Waals surface area contributed by atoms with E-state index in [1.807, 2.05) is 65.2 Å². The molecular formula is C24H20ClN5O3S. The molecule has 1 amide bonds. The number of nitro groups is 1. The van der Waals surface area contributed by atoms with E-state index >= 15 is 0 Å². The van der Waals surface area contributed by atoms with E-state index in [0.717, 1.165) is 17.1 Å². The van der Waals surface area contributed by atoms with Gasteiger partial charge in [-0.1, -0.05) is 71.9 Å². The van der Waals surface area contributed by atoms with Crippen LogP contribution in [-0.4, -0.2) is 30.8 Å². The van der Waals surface area contributed by atoms with Crippen LogP contribution in [0.1, 0.15) is 18.3 Å². The molecule has 4 aromatic rings. The third-order valence-corrected chi connectivity index (χ3v) is 6.36. The zero-order chi connectivity index (χ0) is 24.1. The number of amides is 1. The quantitative estimate of drug-likeness (QED) is 0.196. The van der Waals surface area contributed by atoms with Crippen LogP contribution in [0.25, 0.3) is 5.69 Å². The molecule has 1 N–H and O–H groups in total. The van der Waals surface area contributed by atoms with Gasteiger partial charge >= 0.3 is 0 Å². The number of non-ortho nitro benzene ring substituents is 1. The molecule has 1 aromatic heterocycles. The average Bonchev–Trinajstić information content (AvgIpc) is 3.23. The third-order valence-electron chi connectivity index (χ3n) is 4.99. The summed E-state index contributed by atoms with van der Waals surface area (Å²) in [5.41, 5.74) is 2.00. The minimum absolute atomic E-state index is 0.158. The molecule has 0 radical (unpaired) electrons. The van der Waals surface area contributed by atoms with Gasteiger partial charge in [0.25, 0.3) is 5.69 Å².